The molecule has 0 fully saturated rings. The molecule has 0 radical (unpaired) electrons. The van der Waals surface area contributed by atoms with Crippen molar-refractivity contribution >= 4 is 27.2 Å². The molecule has 42 heavy (non-hydrogen) atoms. The van der Waals surface area contributed by atoms with Crippen LogP contribution in [0.5, 0.6) is 0 Å². The SMILES string of the molecule is CN1\C(=C/C=C/C=C/C=C/C2=[N+](C)c3ccccc3C2(C)C)C(C)(C)c2ccccc21.Cc1ccc(S(=O)(=O)[O-])cc1. The highest BCUT2D eigenvalue weighted by Crippen LogP contribution is 2.46. The van der Waals surface area contributed by atoms with Crippen LogP contribution in [0, 0.1) is 6.92 Å². The van der Waals surface area contributed by atoms with Gasteiger partial charge in [-0.25, -0.2) is 8.42 Å². The largest absolute Gasteiger partial charge is 0.744 e. The van der Waals surface area contributed by atoms with E-state index in [0.717, 1.165) is 5.56 Å². The topological polar surface area (TPSA) is 63.5 Å². The standard InChI is InChI=1S/C29H33N2.C7H8O3S/c1-28(2)22-16-12-14-18-24(22)30(5)26(28)20-10-8-7-9-11-21-27-29(3,4)23-17-13-15-19-25(23)31(27)6;1-6-2-4-7(5-3-6)11(8,9)10/h7-21H,1-6H3;2-5H,1H3,(H,8,9,10)/q+1;/p-1. The maximum Gasteiger partial charge on any atom is 0.209 e. The van der Waals surface area contributed by atoms with Gasteiger partial charge in [0, 0.05) is 41.6 Å². The number of likely N-dealkylation sites (N-methyl/N-ethyl adjacent to an activating group) is 1. The third-order valence-electron chi connectivity index (χ3n) is 8.14. The van der Waals surface area contributed by atoms with Crippen molar-refractivity contribution in [1.82, 2.24) is 0 Å². The highest BCUT2D eigenvalue weighted by Gasteiger charge is 2.42. The van der Waals surface area contributed by atoms with Crippen molar-refractivity contribution in [2.24, 2.45) is 0 Å². The zero-order valence-corrected chi connectivity index (χ0v) is 26.3. The number of nitrogens with zero attached hydrogens (tertiary/aromatic N) is 2. The maximum absolute atomic E-state index is 10.4. The molecule has 0 bridgehead atoms. The fraction of sp³-hybridized carbons (Fsp3) is 0.250. The molecule has 0 aliphatic carbocycles. The third-order valence-corrected chi connectivity index (χ3v) is 8.99. The van der Waals surface area contributed by atoms with Crippen LogP contribution in [-0.4, -0.2) is 37.4 Å². The number of hydrogen-bond acceptors (Lipinski definition) is 4. The summed E-state index contributed by atoms with van der Waals surface area (Å²) < 4.78 is 33.5. The van der Waals surface area contributed by atoms with Crippen molar-refractivity contribution in [3.05, 3.63) is 138 Å². The normalized spacial score (nSPS) is 18.2. The second-order valence-corrected chi connectivity index (χ2v) is 13.1. The van der Waals surface area contributed by atoms with Crippen molar-refractivity contribution in [3.63, 3.8) is 0 Å². The Hall–Kier alpha value is -4.00. The van der Waals surface area contributed by atoms with E-state index < -0.39 is 10.1 Å². The number of para-hydroxylation sites is 2. The first kappa shape index (κ1) is 30.9. The van der Waals surface area contributed by atoms with Crippen LogP contribution in [0.4, 0.5) is 11.4 Å². The van der Waals surface area contributed by atoms with E-state index in [9.17, 15) is 13.0 Å². The Morgan fingerprint density at radius 2 is 1.33 bits per heavy atom. The molecule has 0 unspecified atom stereocenters. The van der Waals surface area contributed by atoms with Crippen LogP contribution in [0.15, 0.2) is 126 Å². The fourth-order valence-electron chi connectivity index (χ4n) is 5.79. The summed E-state index contributed by atoms with van der Waals surface area (Å²) in [5.74, 6) is 0. The van der Waals surface area contributed by atoms with Gasteiger partial charge in [-0.3, -0.25) is 0 Å². The Labute approximate surface area is 251 Å². The Kier molecular flexibility index (Phi) is 8.90. The molecule has 0 N–H and O–H groups in total. The van der Waals surface area contributed by atoms with E-state index >= 15 is 0 Å². The van der Waals surface area contributed by atoms with Gasteiger partial charge in [-0.1, -0.05) is 98.3 Å². The van der Waals surface area contributed by atoms with Crippen molar-refractivity contribution in [1.29, 1.82) is 0 Å². The molecule has 0 aromatic heterocycles. The number of anilines is 1. The summed E-state index contributed by atoms with van der Waals surface area (Å²) in [5.41, 5.74) is 8.96. The number of fused-ring (bicyclic) bond motifs is 2. The minimum absolute atomic E-state index is 0.0174. The van der Waals surface area contributed by atoms with Gasteiger partial charge in [0.05, 0.1) is 10.3 Å². The first-order chi connectivity index (χ1) is 19.8. The smallest absolute Gasteiger partial charge is 0.209 e. The molecule has 2 aliphatic rings. The van der Waals surface area contributed by atoms with Crippen LogP contribution in [-0.2, 0) is 20.9 Å². The third kappa shape index (κ3) is 6.25. The molecule has 3 aromatic rings. The van der Waals surface area contributed by atoms with Gasteiger partial charge in [-0.15, -0.1) is 0 Å². The van der Waals surface area contributed by atoms with Gasteiger partial charge >= 0.3 is 0 Å². The van der Waals surface area contributed by atoms with E-state index in [-0.39, 0.29) is 15.7 Å². The van der Waals surface area contributed by atoms with Gasteiger partial charge in [-0.05, 0) is 50.6 Å². The summed E-state index contributed by atoms with van der Waals surface area (Å²) in [6.45, 7) is 11.0. The summed E-state index contributed by atoms with van der Waals surface area (Å²) in [7, 11) is 0.0378. The van der Waals surface area contributed by atoms with Gasteiger partial charge < -0.3 is 9.45 Å². The predicted octanol–water partition coefficient (Wildman–Crippen LogP) is 7.57. The molecule has 3 aromatic carbocycles. The summed E-state index contributed by atoms with van der Waals surface area (Å²) in [5, 5.41) is 0. The summed E-state index contributed by atoms with van der Waals surface area (Å²) >= 11 is 0. The second-order valence-electron chi connectivity index (χ2n) is 11.7. The van der Waals surface area contributed by atoms with E-state index in [0.29, 0.717) is 0 Å². The molecule has 0 amide bonds. The predicted molar refractivity (Wildman–Crippen MR) is 173 cm³/mol. The van der Waals surface area contributed by atoms with Crippen molar-refractivity contribution in [3.8, 4) is 0 Å². The van der Waals surface area contributed by atoms with Gasteiger partial charge in [-0.2, -0.15) is 4.58 Å². The lowest BCUT2D eigenvalue weighted by Gasteiger charge is -2.23. The minimum atomic E-state index is -4.27. The number of rotatable bonds is 5. The Bertz CT molecular complexity index is 1720. The molecule has 5 rings (SSSR count). The molecular formula is C36H40N2O3S. The van der Waals surface area contributed by atoms with Gasteiger partial charge in [0.15, 0.2) is 5.71 Å². The van der Waals surface area contributed by atoms with Crippen molar-refractivity contribution < 1.29 is 17.5 Å². The monoisotopic (exact) mass is 580 g/mol. The Morgan fingerprint density at radius 3 is 1.95 bits per heavy atom. The second kappa shape index (κ2) is 12.1. The molecular weight excluding hydrogens is 540 g/mol. The van der Waals surface area contributed by atoms with Gasteiger partial charge in [0.25, 0.3) is 0 Å². The van der Waals surface area contributed by atoms with Gasteiger partial charge in [0.2, 0.25) is 5.69 Å². The van der Waals surface area contributed by atoms with Crippen LogP contribution < -0.4 is 4.90 Å². The molecule has 0 saturated heterocycles. The molecule has 2 aliphatic heterocycles. The maximum atomic E-state index is 10.4. The van der Waals surface area contributed by atoms with Gasteiger partial charge in [0.1, 0.15) is 17.2 Å². The first-order valence-corrected chi connectivity index (χ1v) is 15.5. The van der Waals surface area contributed by atoms with E-state index in [2.05, 4.69) is 142 Å². The van der Waals surface area contributed by atoms with Crippen LogP contribution in [0.1, 0.15) is 44.4 Å². The van der Waals surface area contributed by atoms with E-state index in [4.69, 9.17) is 0 Å². The molecule has 0 atom stereocenters. The summed E-state index contributed by atoms with van der Waals surface area (Å²) in [4.78, 5) is 2.12. The average molecular weight is 581 g/mol. The molecule has 0 saturated carbocycles. The summed E-state index contributed by atoms with van der Waals surface area (Å²) in [6.07, 6.45) is 15.0. The quantitative estimate of drug-likeness (QED) is 0.177. The van der Waals surface area contributed by atoms with Crippen molar-refractivity contribution in [2.75, 3.05) is 19.0 Å². The summed E-state index contributed by atoms with van der Waals surface area (Å²) in [6, 6.07) is 23.1. The molecule has 6 heteroatoms. The van der Waals surface area contributed by atoms with Crippen LogP contribution in [0.25, 0.3) is 0 Å². The average Bonchev–Trinajstić information content (AvgIpc) is 3.26. The highest BCUT2D eigenvalue weighted by molar-refractivity contribution is 7.85. The lowest BCUT2D eigenvalue weighted by molar-refractivity contribution is -0.401. The zero-order valence-electron chi connectivity index (χ0n) is 25.5. The first-order valence-electron chi connectivity index (χ1n) is 14.0. The van der Waals surface area contributed by atoms with E-state index in [1.165, 1.54) is 46.0 Å². The molecule has 5 nitrogen and oxygen atoms in total. The minimum Gasteiger partial charge on any atom is -0.744 e. The number of allylic oxidation sites excluding steroid dienone is 8. The number of aryl methyl sites for hydroxylation is 1. The molecule has 218 valence electrons. The number of hydrogen-bond donors (Lipinski definition) is 0. The van der Waals surface area contributed by atoms with Crippen LogP contribution in [0.3, 0.4) is 0 Å². The molecule has 2 heterocycles. The lowest BCUT2D eigenvalue weighted by Crippen LogP contribution is -2.26. The van der Waals surface area contributed by atoms with Crippen LogP contribution in [0.2, 0.25) is 0 Å². The molecule has 0 spiro atoms. The fourth-order valence-corrected chi connectivity index (χ4v) is 6.26. The van der Waals surface area contributed by atoms with Crippen LogP contribution >= 0.6 is 0 Å². The van der Waals surface area contributed by atoms with Crippen molar-refractivity contribution in [2.45, 2.75) is 50.3 Å². The zero-order chi connectivity index (χ0) is 30.7. The highest BCUT2D eigenvalue weighted by atomic mass is 32.2. The number of benzene rings is 3. The Balaban J connectivity index is 0.000000310. The Morgan fingerprint density at radius 1 is 0.762 bits per heavy atom. The van der Waals surface area contributed by atoms with E-state index in [1.807, 2.05) is 6.92 Å². The lowest BCUT2D eigenvalue weighted by atomic mass is 9.81. The van der Waals surface area contributed by atoms with E-state index in [1.54, 1.807) is 12.1 Å².